The Hall–Kier alpha value is -2.00. The molecule has 0 aliphatic carbocycles. The van der Waals surface area contributed by atoms with Crippen molar-refractivity contribution in [3.05, 3.63) is 59.7 Å². The standard InChI is InChI=1S/C20H28N2O/c1-20(2,3)22-13-7-10-16-11-12-19(18(21)14-16)23-15-17-8-5-4-6-9-17/h4-6,8-9,11-12,14,22H,7,10,13,15,21H2,1-3H3. The lowest BCUT2D eigenvalue weighted by molar-refractivity contribution is 0.308. The molecule has 2 rings (SSSR count). The van der Waals surface area contributed by atoms with Crippen LogP contribution in [0.3, 0.4) is 0 Å². The molecule has 0 aliphatic rings. The molecule has 0 heterocycles. The lowest BCUT2D eigenvalue weighted by atomic mass is 10.1. The van der Waals surface area contributed by atoms with Gasteiger partial charge in [0, 0.05) is 5.54 Å². The normalized spacial score (nSPS) is 11.4. The summed E-state index contributed by atoms with van der Waals surface area (Å²) in [4.78, 5) is 0. The van der Waals surface area contributed by atoms with Crippen molar-refractivity contribution in [3.63, 3.8) is 0 Å². The van der Waals surface area contributed by atoms with Crippen molar-refractivity contribution in [2.24, 2.45) is 0 Å². The maximum atomic E-state index is 6.12. The van der Waals surface area contributed by atoms with Gasteiger partial charge in [-0.15, -0.1) is 0 Å². The van der Waals surface area contributed by atoms with Gasteiger partial charge in [0.15, 0.2) is 0 Å². The topological polar surface area (TPSA) is 47.3 Å². The van der Waals surface area contributed by atoms with Crippen molar-refractivity contribution in [3.8, 4) is 5.75 Å². The van der Waals surface area contributed by atoms with Gasteiger partial charge in [0.05, 0.1) is 5.69 Å². The Labute approximate surface area is 139 Å². The second-order valence-corrected chi connectivity index (χ2v) is 6.93. The summed E-state index contributed by atoms with van der Waals surface area (Å²) in [5, 5.41) is 3.50. The number of nitrogen functional groups attached to an aromatic ring is 1. The van der Waals surface area contributed by atoms with Gasteiger partial charge >= 0.3 is 0 Å². The lowest BCUT2D eigenvalue weighted by Crippen LogP contribution is -2.36. The molecule has 3 N–H and O–H groups in total. The number of rotatable bonds is 7. The van der Waals surface area contributed by atoms with E-state index in [-0.39, 0.29) is 5.54 Å². The summed E-state index contributed by atoms with van der Waals surface area (Å²) in [5.74, 6) is 0.755. The summed E-state index contributed by atoms with van der Waals surface area (Å²) >= 11 is 0. The highest BCUT2D eigenvalue weighted by Crippen LogP contribution is 2.24. The summed E-state index contributed by atoms with van der Waals surface area (Å²) < 4.78 is 5.81. The van der Waals surface area contributed by atoms with Gasteiger partial charge in [0.25, 0.3) is 0 Å². The summed E-state index contributed by atoms with van der Waals surface area (Å²) in [6.45, 7) is 8.10. The van der Waals surface area contributed by atoms with Crippen LogP contribution in [0.1, 0.15) is 38.3 Å². The molecule has 0 spiro atoms. The molecule has 0 saturated carbocycles. The summed E-state index contributed by atoms with van der Waals surface area (Å²) in [5.41, 5.74) is 9.40. The van der Waals surface area contributed by atoms with Crippen LogP contribution in [-0.4, -0.2) is 12.1 Å². The molecule has 0 saturated heterocycles. The van der Waals surface area contributed by atoms with Crippen LogP contribution in [0.5, 0.6) is 5.75 Å². The number of ether oxygens (including phenoxy) is 1. The van der Waals surface area contributed by atoms with Crippen molar-refractivity contribution in [1.82, 2.24) is 5.32 Å². The Morgan fingerprint density at radius 1 is 1.00 bits per heavy atom. The molecule has 0 bridgehead atoms. The largest absolute Gasteiger partial charge is 0.487 e. The third kappa shape index (κ3) is 6.33. The first kappa shape index (κ1) is 17.4. The molecule has 3 heteroatoms. The Balaban J connectivity index is 1.83. The fraction of sp³-hybridized carbons (Fsp3) is 0.400. The average molecular weight is 312 g/mol. The number of nitrogens with one attached hydrogen (secondary N) is 1. The third-order valence-corrected chi connectivity index (χ3v) is 3.61. The monoisotopic (exact) mass is 312 g/mol. The molecular weight excluding hydrogens is 284 g/mol. The fourth-order valence-corrected chi connectivity index (χ4v) is 2.38. The molecule has 0 aliphatic heterocycles. The quantitative estimate of drug-likeness (QED) is 0.596. The van der Waals surface area contributed by atoms with Crippen molar-refractivity contribution >= 4 is 5.69 Å². The van der Waals surface area contributed by atoms with Crippen molar-refractivity contribution in [2.45, 2.75) is 45.8 Å². The predicted molar refractivity (Wildman–Crippen MR) is 97.7 cm³/mol. The molecule has 2 aromatic carbocycles. The van der Waals surface area contributed by atoms with Gasteiger partial charge in [-0.05, 0) is 63.4 Å². The van der Waals surface area contributed by atoms with E-state index in [1.54, 1.807) is 0 Å². The summed E-state index contributed by atoms with van der Waals surface area (Å²) in [6.07, 6.45) is 2.12. The van der Waals surface area contributed by atoms with Crippen molar-refractivity contribution in [2.75, 3.05) is 12.3 Å². The van der Waals surface area contributed by atoms with Crippen molar-refractivity contribution < 1.29 is 4.74 Å². The minimum Gasteiger partial charge on any atom is -0.487 e. The third-order valence-electron chi connectivity index (χ3n) is 3.61. The minimum absolute atomic E-state index is 0.175. The number of nitrogens with two attached hydrogens (primary N) is 1. The molecule has 0 unspecified atom stereocenters. The average Bonchev–Trinajstić information content (AvgIpc) is 2.51. The zero-order valence-corrected chi connectivity index (χ0v) is 14.4. The van der Waals surface area contributed by atoms with E-state index in [0.717, 1.165) is 30.7 Å². The van der Waals surface area contributed by atoms with Crippen LogP contribution in [0.15, 0.2) is 48.5 Å². The SMILES string of the molecule is CC(C)(C)NCCCc1ccc(OCc2ccccc2)c(N)c1. The van der Waals surface area contributed by atoms with Crippen LogP contribution in [-0.2, 0) is 13.0 Å². The molecule has 3 nitrogen and oxygen atoms in total. The molecule has 2 aromatic rings. The predicted octanol–water partition coefficient (Wildman–Crippen LogP) is 4.17. The van der Waals surface area contributed by atoms with Gasteiger partial charge in [-0.2, -0.15) is 0 Å². The zero-order chi connectivity index (χ0) is 16.7. The van der Waals surface area contributed by atoms with Gasteiger partial charge in [0.2, 0.25) is 0 Å². The van der Waals surface area contributed by atoms with Crippen LogP contribution in [0, 0.1) is 0 Å². The van der Waals surface area contributed by atoms with Crippen LogP contribution >= 0.6 is 0 Å². The minimum atomic E-state index is 0.175. The number of aryl methyl sites for hydroxylation is 1. The van der Waals surface area contributed by atoms with E-state index in [1.165, 1.54) is 5.56 Å². The first-order valence-corrected chi connectivity index (χ1v) is 8.24. The fourth-order valence-electron chi connectivity index (χ4n) is 2.38. The summed E-state index contributed by atoms with van der Waals surface area (Å²) in [6, 6.07) is 16.2. The van der Waals surface area contributed by atoms with Crippen LogP contribution in [0.25, 0.3) is 0 Å². The van der Waals surface area contributed by atoms with E-state index in [0.29, 0.717) is 12.3 Å². The molecule has 0 amide bonds. The Morgan fingerprint density at radius 3 is 2.39 bits per heavy atom. The molecule has 0 aromatic heterocycles. The second kappa shape index (κ2) is 8.02. The van der Waals surface area contributed by atoms with Crippen LogP contribution in [0.4, 0.5) is 5.69 Å². The smallest absolute Gasteiger partial charge is 0.142 e. The first-order chi connectivity index (χ1) is 10.9. The molecule has 124 valence electrons. The van der Waals surface area contributed by atoms with Gasteiger partial charge in [-0.3, -0.25) is 0 Å². The highest BCUT2D eigenvalue weighted by Gasteiger charge is 2.08. The lowest BCUT2D eigenvalue weighted by Gasteiger charge is -2.20. The maximum Gasteiger partial charge on any atom is 0.142 e. The van der Waals surface area contributed by atoms with Crippen LogP contribution < -0.4 is 15.8 Å². The molecule has 23 heavy (non-hydrogen) atoms. The summed E-state index contributed by atoms with van der Waals surface area (Å²) in [7, 11) is 0. The Kier molecular flexibility index (Phi) is 6.05. The second-order valence-electron chi connectivity index (χ2n) is 6.93. The first-order valence-electron chi connectivity index (χ1n) is 8.24. The van der Waals surface area contributed by atoms with Gasteiger partial charge in [-0.1, -0.05) is 36.4 Å². The number of hydrogen-bond donors (Lipinski definition) is 2. The maximum absolute atomic E-state index is 6.12. The van der Waals surface area contributed by atoms with Gasteiger partial charge < -0.3 is 15.8 Å². The molecule has 0 radical (unpaired) electrons. The Morgan fingerprint density at radius 2 is 1.74 bits per heavy atom. The van der Waals surface area contributed by atoms with E-state index >= 15 is 0 Å². The van der Waals surface area contributed by atoms with E-state index in [4.69, 9.17) is 10.5 Å². The van der Waals surface area contributed by atoms with Crippen LogP contribution in [0.2, 0.25) is 0 Å². The molecule has 0 atom stereocenters. The molecular formula is C20H28N2O. The van der Waals surface area contributed by atoms with Crippen molar-refractivity contribution in [1.29, 1.82) is 0 Å². The van der Waals surface area contributed by atoms with E-state index < -0.39 is 0 Å². The van der Waals surface area contributed by atoms with Gasteiger partial charge in [0.1, 0.15) is 12.4 Å². The molecule has 0 fully saturated rings. The number of benzene rings is 2. The Bertz CT molecular complexity index is 603. The highest BCUT2D eigenvalue weighted by atomic mass is 16.5. The van der Waals surface area contributed by atoms with E-state index in [9.17, 15) is 0 Å². The number of anilines is 1. The van der Waals surface area contributed by atoms with E-state index in [2.05, 4.69) is 32.2 Å². The zero-order valence-electron chi connectivity index (χ0n) is 14.4. The van der Waals surface area contributed by atoms with Gasteiger partial charge in [-0.25, -0.2) is 0 Å². The number of hydrogen-bond acceptors (Lipinski definition) is 3. The van der Waals surface area contributed by atoms with E-state index in [1.807, 2.05) is 42.5 Å². The highest BCUT2D eigenvalue weighted by molar-refractivity contribution is 5.54.